The summed E-state index contributed by atoms with van der Waals surface area (Å²) >= 11 is 0. The number of likely N-dealkylation sites (N-methyl/N-ethyl adjacent to an activating group) is 1. The van der Waals surface area contributed by atoms with Crippen molar-refractivity contribution in [2.24, 2.45) is 7.05 Å². The lowest BCUT2D eigenvalue weighted by molar-refractivity contribution is 0.0948. The summed E-state index contributed by atoms with van der Waals surface area (Å²) in [5, 5.41) is 9.98. The number of pyridine rings is 1. The molecule has 9 heteroatoms. The number of aromatic nitrogens is 2. The fraction of sp³-hybridized carbons (Fsp3) is 0.370. The molecule has 1 saturated heterocycles. The number of nitrogens with one attached hydrogen (secondary N) is 2. The maximum atomic E-state index is 13.0. The van der Waals surface area contributed by atoms with Crippen LogP contribution >= 0.6 is 0 Å². The first kappa shape index (κ1) is 24.0. The molecular formula is C27H32N6O3. The number of carbonyl (C=O) groups is 2. The van der Waals surface area contributed by atoms with Crippen LogP contribution in [0.2, 0.25) is 0 Å². The largest absolute Gasteiger partial charge is 0.415 e. The van der Waals surface area contributed by atoms with Crippen molar-refractivity contribution in [3.05, 3.63) is 47.8 Å². The molecule has 0 saturated carbocycles. The lowest BCUT2D eigenvalue weighted by Crippen LogP contribution is -2.47. The minimum Gasteiger partial charge on any atom is -0.410 e. The van der Waals surface area contributed by atoms with E-state index in [0.29, 0.717) is 31.1 Å². The van der Waals surface area contributed by atoms with Gasteiger partial charge in [-0.05, 0) is 62.3 Å². The van der Waals surface area contributed by atoms with Gasteiger partial charge < -0.3 is 29.7 Å². The van der Waals surface area contributed by atoms with Crippen LogP contribution in [0.5, 0.6) is 5.75 Å². The molecule has 0 atom stereocenters. The number of benzene rings is 2. The van der Waals surface area contributed by atoms with Gasteiger partial charge in [0.05, 0.1) is 5.52 Å². The van der Waals surface area contributed by atoms with E-state index in [2.05, 4.69) is 27.1 Å². The molecule has 0 spiro atoms. The highest BCUT2D eigenvalue weighted by Crippen LogP contribution is 2.37. The molecule has 188 valence electrons. The minimum absolute atomic E-state index is 0.188. The first-order valence-corrected chi connectivity index (χ1v) is 12.3. The Morgan fingerprint density at radius 1 is 1.08 bits per heavy atom. The number of nitrogens with zero attached hydrogens (tertiary/aromatic N) is 4. The second-order valence-corrected chi connectivity index (χ2v) is 9.55. The van der Waals surface area contributed by atoms with E-state index < -0.39 is 0 Å². The number of aryl methyl sites for hydroxylation is 2. The van der Waals surface area contributed by atoms with E-state index in [0.717, 1.165) is 57.8 Å². The minimum atomic E-state index is -0.335. The van der Waals surface area contributed by atoms with Gasteiger partial charge in [-0.3, -0.25) is 9.78 Å². The van der Waals surface area contributed by atoms with Crippen LogP contribution in [-0.2, 0) is 7.05 Å². The number of ether oxygens (including phenoxy) is 1. The normalized spacial score (nSPS) is 14.2. The average Bonchev–Trinajstić information content (AvgIpc) is 3.15. The zero-order valence-electron chi connectivity index (χ0n) is 21.2. The van der Waals surface area contributed by atoms with E-state index in [-0.39, 0.29) is 12.0 Å². The quantitative estimate of drug-likeness (QED) is 0.449. The van der Waals surface area contributed by atoms with Gasteiger partial charge in [0, 0.05) is 74.2 Å². The van der Waals surface area contributed by atoms with Crippen molar-refractivity contribution in [1.29, 1.82) is 0 Å². The predicted octanol–water partition coefficient (Wildman–Crippen LogP) is 2.88. The van der Waals surface area contributed by atoms with Gasteiger partial charge >= 0.3 is 6.09 Å². The van der Waals surface area contributed by atoms with Crippen LogP contribution in [0.4, 0.5) is 4.79 Å². The third-order valence-corrected chi connectivity index (χ3v) is 6.89. The predicted molar refractivity (Wildman–Crippen MR) is 142 cm³/mol. The van der Waals surface area contributed by atoms with Crippen molar-refractivity contribution in [1.82, 2.24) is 30.0 Å². The molecule has 3 heterocycles. The summed E-state index contributed by atoms with van der Waals surface area (Å²) in [5.74, 6) is 0.316. The second kappa shape index (κ2) is 9.75. The van der Waals surface area contributed by atoms with Crippen LogP contribution < -0.4 is 15.4 Å². The van der Waals surface area contributed by atoms with Gasteiger partial charge in [-0.2, -0.15) is 0 Å². The van der Waals surface area contributed by atoms with Crippen molar-refractivity contribution in [3.8, 4) is 5.75 Å². The summed E-state index contributed by atoms with van der Waals surface area (Å²) in [5.41, 5.74) is 3.59. The van der Waals surface area contributed by atoms with Crippen molar-refractivity contribution < 1.29 is 14.3 Å². The topological polar surface area (TPSA) is 91.7 Å². The van der Waals surface area contributed by atoms with Gasteiger partial charge in [0.2, 0.25) is 0 Å². The highest BCUT2D eigenvalue weighted by Gasteiger charge is 2.21. The standard InChI is InChI=1S/C27H32N6O3/c1-17-19-7-8-29-24(26(34)30-11-12-31(2)3)21(19)16-22-20-15-18(5-6-23(20)32(4)25(17)22)36-27(35)33-13-9-28-10-14-33/h5-8,15-16,28H,9-14H2,1-4H3,(H,30,34). The van der Waals surface area contributed by atoms with E-state index in [4.69, 9.17) is 4.74 Å². The fourth-order valence-corrected chi connectivity index (χ4v) is 5.00. The molecule has 1 aliphatic heterocycles. The molecular weight excluding hydrogens is 456 g/mol. The second-order valence-electron chi connectivity index (χ2n) is 9.55. The Hall–Kier alpha value is -3.69. The Morgan fingerprint density at radius 3 is 2.61 bits per heavy atom. The van der Waals surface area contributed by atoms with Crippen LogP contribution in [0.15, 0.2) is 36.5 Å². The lowest BCUT2D eigenvalue weighted by Gasteiger charge is -2.26. The Morgan fingerprint density at radius 2 is 1.86 bits per heavy atom. The van der Waals surface area contributed by atoms with Crippen LogP contribution in [0, 0.1) is 6.92 Å². The molecule has 5 rings (SSSR count). The number of hydrogen-bond donors (Lipinski definition) is 2. The zero-order chi connectivity index (χ0) is 25.4. The third kappa shape index (κ3) is 4.36. The first-order valence-electron chi connectivity index (χ1n) is 12.3. The Bertz CT molecular complexity index is 1470. The lowest BCUT2D eigenvalue weighted by atomic mass is 10.00. The summed E-state index contributed by atoms with van der Waals surface area (Å²) in [4.78, 5) is 33.9. The molecule has 36 heavy (non-hydrogen) atoms. The van der Waals surface area contributed by atoms with E-state index in [1.54, 1.807) is 11.1 Å². The van der Waals surface area contributed by atoms with E-state index >= 15 is 0 Å². The molecule has 2 amide bonds. The molecule has 0 radical (unpaired) electrons. The van der Waals surface area contributed by atoms with E-state index in [9.17, 15) is 9.59 Å². The van der Waals surface area contributed by atoms with Crippen molar-refractivity contribution in [2.45, 2.75) is 6.92 Å². The number of rotatable bonds is 5. The van der Waals surface area contributed by atoms with Gasteiger partial charge in [0.25, 0.3) is 5.91 Å². The van der Waals surface area contributed by atoms with E-state index in [1.165, 1.54) is 0 Å². The molecule has 0 aliphatic carbocycles. The molecule has 2 aromatic heterocycles. The van der Waals surface area contributed by atoms with Crippen molar-refractivity contribution in [3.63, 3.8) is 0 Å². The Labute approximate surface area is 210 Å². The maximum Gasteiger partial charge on any atom is 0.415 e. The van der Waals surface area contributed by atoms with Gasteiger partial charge in [-0.25, -0.2) is 4.79 Å². The summed E-state index contributed by atoms with van der Waals surface area (Å²) in [6, 6.07) is 9.72. The Kier molecular flexibility index (Phi) is 6.51. The molecule has 9 nitrogen and oxygen atoms in total. The number of carbonyl (C=O) groups excluding carboxylic acids is 2. The molecule has 2 aromatic carbocycles. The number of piperazine rings is 1. The van der Waals surface area contributed by atoms with Crippen LogP contribution in [0.3, 0.4) is 0 Å². The van der Waals surface area contributed by atoms with Gasteiger partial charge in [0.15, 0.2) is 0 Å². The Balaban J connectivity index is 1.57. The fourth-order valence-electron chi connectivity index (χ4n) is 5.00. The third-order valence-electron chi connectivity index (χ3n) is 6.89. The summed E-state index contributed by atoms with van der Waals surface area (Å²) in [6.07, 6.45) is 1.36. The maximum absolute atomic E-state index is 13.0. The molecule has 0 unspecified atom stereocenters. The van der Waals surface area contributed by atoms with Gasteiger partial charge in [-0.15, -0.1) is 0 Å². The summed E-state index contributed by atoms with van der Waals surface area (Å²) in [6.45, 7) is 6.16. The molecule has 0 bridgehead atoms. The number of hydrogen-bond acceptors (Lipinski definition) is 6. The highest BCUT2D eigenvalue weighted by molar-refractivity contribution is 6.17. The first-order chi connectivity index (χ1) is 17.3. The van der Waals surface area contributed by atoms with Gasteiger partial charge in [-0.1, -0.05) is 0 Å². The zero-order valence-corrected chi connectivity index (χ0v) is 21.2. The molecule has 1 fully saturated rings. The summed E-state index contributed by atoms with van der Waals surface area (Å²) in [7, 11) is 5.97. The molecule has 4 aromatic rings. The molecule has 2 N–H and O–H groups in total. The van der Waals surface area contributed by atoms with Crippen LogP contribution in [0.1, 0.15) is 16.1 Å². The highest BCUT2D eigenvalue weighted by atomic mass is 16.6. The average molecular weight is 489 g/mol. The van der Waals surface area contributed by atoms with Crippen LogP contribution in [-0.4, -0.2) is 84.7 Å². The van der Waals surface area contributed by atoms with Crippen LogP contribution in [0.25, 0.3) is 32.6 Å². The van der Waals surface area contributed by atoms with E-state index in [1.807, 2.05) is 56.4 Å². The smallest absolute Gasteiger partial charge is 0.410 e. The van der Waals surface area contributed by atoms with Crippen molar-refractivity contribution in [2.75, 3.05) is 53.4 Å². The summed E-state index contributed by atoms with van der Waals surface area (Å²) < 4.78 is 7.88. The SMILES string of the molecule is Cc1c2ccnc(C(=O)NCCN(C)C)c2cc2c3cc(OC(=O)N4CCNCC4)ccc3n(C)c12. The van der Waals surface area contributed by atoms with Crippen molar-refractivity contribution >= 4 is 44.6 Å². The van der Waals surface area contributed by atoms with Gasteiger partial charge in [0.1, 0.15) is 11.4 Å². The monoisotopic (exact) mass is 488 g/mol. The number of amides is 2. The molecule has 1 aliphatic rings. The number of fused-ring (bicyclic) bond motifs is 4.